The van der Waals surface area contributed by atoms with Gasteiger partial charge in [-0.15, -0.1) is 0 Å². The molecule has 22 N–H and O–H groups in total. The molecule has 3 saturated carbocycles. The number of fused-ring (bicyclic) bond motifs is 5. The second-order valence-corrected chi connectivity index (χ2v) is 32.6. The van der Waals surface area contributed by atoms with E-state index in [0.29, 0.717) is 32.1 Å². The normalized spacial score (nSPS) is 52.7. The van der Waals surface area contributed by atoms with Crippen LogP contribution in [0.4, 0.5) is 0 Å². The average molecular weight is 1480 g/mol. The minimum absolute atomic E-state index is 0.00304. The molecule has 10 aliphatic rings. The van der Waals surface area contributed by atoms with Gasteiger partial charge >= 0.3 is 0 Å². The lowest BCUT2D eigenvalue weighted by Crippen LogP contribution is -2.72. The third-order valence-corrected chi connectivity index (χ3v) is 26.6. The standard InChI is InChI=1S/C68H116O34/c1-26(11-12-37(63(4,5)90)98-61-55(102-59-48(86)43(81)40(78)30(22-71)93-59)51(89)54(33(25-74)96-61)101-58-47(85)42(80)39(77)29(21-70)92-58)27-13-17-66(8)65(27,7)19-35(75)68(10)64(6)16-15-36(62(2,3)34(64)14-18-67(66,68)9)97-56-49(87)44(82)52(31(23-72)94-56)100-60-50(88)45(83)53(32(24-73)95-60)99-57-46(84)41(79)38(76)28(20-69)91-57/h14,26-33,35-61,69-90H,11-13,15-25H2,1-10H3/t26-,27?,28-,29-,30-,31-,32-,33-,35?,36+,37-,38-,39-,40-,41+,42+,43+,44-,45-,46-,47-,48-,49-,50-,51+,52-,53-,54-,55-,56?,57?,58?,59?,60?,61?,64-,65-,66-,67+,68+/m1/s1. The van der Waals surface area contributed by atoms with Crippen molar-refractivity contribution in [1.82, 2.24) is 0 Å². The van der Waals surface area contributed by atoms with Crippen LogP contribution in [-0.4, -0.2) is 360 Å². The van der Waals surface area contributed by atoms with E-state index in [1.54, 1.807) is 0 Å². The molecule has 34 heteroatoms. The van der Waals surface area contributed by atoms with Crippen molar-refractivity contribution in [3.8, 4) is 0 Å². The molecule has 6 saturated heterocycles. The molecule has 592 valence electrons. The molecule has 8 unspecified atom stereocenters. The van der Waals surface area contributed by atoms with Gasteiger partial charge in [-0.25, -0.2) is 0 Å². The predicted octanol–water partition coefficient (Wildman–Crippen LogP) is -6.80. The molecule has 0 aromatic heterocycles. The van der Waals surface area contributed by atoms with Crippen LogP contribution in [0.3, 0.4) is 0 Å². The van der Waals surface area contributed by atoms with E-state index >= 15 is 0 Å². The summed E-state index contributed by atoms with van der Waals surface area (Å²) in [7, 11) is 0. The van der Waals surface area contributed by atoms with Gasteiger partial charge in [0.15, 0.2) is 37.7 Å². The van der Waals surface area contributed by atoms with Crippen LogP contribution in [0, 0.1) is 44.3 Å². The number of hydrogen-bond donors (Lipinski definition) is 22. The Balaban J connectivity index is 0.821. The Bertz CT molecular complexity index is 2780. The van der Waals surface area contributed by atoms with Crippen molar-refractivity contribution in [3.05, 3.63) is 11.6 Å². The van der Waals surface area contributed by atoms with Crippen LogP contribution in [0.1, 0.15) is 121 Å². The van der Waals surface area contributed by atoms with Crippen molar-refractivity contribution in [3.63, 3.8) is 0 Å². The van der Waals surface area contributed by atoms with Crippen LogP contribution in [0.2, 0.25) is 0 Å². The van der Waals surface area contributed by atoms with Gasteiger partial charge in [0, 0.05) is 10.8 Å². The Morgan fingerprint density at radius 2 is 0.804 bits per heavy atom. The molecule has 34 nitrogen and oxygen atoms in total. The zero-order valence-electron chi connectivity index (χ0n) is 59.4. The summed E-state index contributed by atoms with van der Waals surface area (Å²) >= 11 is 0. The Morgan fingerprint density at radius 3 is 1.22 bits per heavy atom. The number of rotatable bonds is 23. The predicted molar refractivity (Wildman–Crippen MR) is 342 cm³/mol. The van der Waals surface area contributed by atoms with E-state index < -0.39 is 280 Å². The van der Waals surface area contributed by atoms with E-state index in [1.807, 2.05) is 13.8 Å². The van der Waals surface area contributed by atoms with Crippen LogP contribution >= 0.6 is 0 Å². The molecule has 0 aromatic carbocycles. The number of aliphatic hydroxyl groups excluding tert-OH is 21. The summed E-state index contributed by atoms with van der Waals surface area (Å²) in [5.41, 5.74) is -4.28. The number of hydrogen-bond acceptors (Lipinski definition) is 34. The molecule has 0 amide bonds. The summed E-state index contributed by atoms with van der Waals surface area (Å²) in [5.74, 6) is -0.0865. The zero-order valence-corrected chi connectivity index (χ0v) is 59.4. The lowest BCUT2D eigenvalue weighted by Gasteiger charge is -2.75. The van der Waals surface area contributed by atoms with E-state index in [0.717, 1.165) is 18.4 Å². The molecule has 4 aliphatic carbocycles. The minimum atomic E-state index is -2.02. The van der Waals surface area contributed by atoms with Crippen LogP contribution in [0.25, 0.3) is 0 Å². The first kappa shape index (κ1) is 82.9. The van der Waals surface area contributed by atoms with E-state index in [2.05, 4.69) is 47.6 Å². The average Bonchev–Trinajstić information content (AvgIpc) is 1.19. The maximum atomic E-state index is 13.2. The third kappa shape index (κ3) is 14.0. The quantitative estimate of drug-likeness (QED) is 0.0423. The molecule has 6 aliphatic heterocycles. The van der Waals surface area contributed by atoms with Crippen molar-refractivity contribution < 1.29 is 169 Å². The SMILES string of the molecule is C[C@H](CC[C@@H](OC1O[C@H](CO)[C@@H](OC2O[C@H](CO)[C@@H](O)[C@H](O)[C@H]2O)[C@H](O)[C@H]1OC1O[C@H](CO)[C@@H](O)[C@H](O)[C@H]1O)C(C)(C)O)C1CC[C@@]2(C)[C@]3(C)CC=C4C(C)(C)[C@@H](OC5O[C@H](CO)[C@@H](OC6O[C@H](CO)[C@@H](OC7O[C@H](CO)[C@@H](O)[C@H](O)[C@H]7O)[C@H](O)[C@H]6O)[C@H](O)[C@H]5O)CC[C@@]4(C)[C@]3(C)C(O)C[C@]12C. The highest BCUT2D eigenvalue weighted by Gasteiger charge is 2.78. The van der Waals surface area contributed by atoms with E-state index in [9.17, 15) is 112 Å². The highest BCUT2D eigenvalue weighted by atomic mass is 16.8. The summed E-state index contributed by atoms with van der Waals surface area (Å²) in [6, 6.07) is 0. The maximum Gasteiger partial charge on any atom is 0.187 e. The fourth-order valence-corrected chi connectivity index (χ4v) is 19.8. The lowest BCUT2D eigenvalue weighted by atomic mass is 9.29. The van der Waals surface area contributed by atoms with Crippen LogP contribution in [-0.2, 0) is 56.8 Å². The molecular weight excluding hydrogens is 1360 g/mol. The lowest BCUT2D eigenvalue weighted by molar-refractivity contribution is -0.393. The molecule has 10 rings (SSSR count). The van der Waals surface area contributed by atoms with Crippen molar-refractivity contribution in [2.24, 2.45) is 44.3 Å². The van der Waals surface area contributed by atoms with Crippen LogP contribution < -0.4 is 0 Å². The number of allylic oxidation sites excluding steroid dienone is 1. The van der Waals surface area contributed by atoms with Gasteiger partial charge in [-0.2, -0.15) is 0 Å². The summed E-state index contributed by atoms with van der Waals surface area (Å²) in [6.07, 6.45) is -49.4. The number of ether oxygens (including phenoxy) is 12. The Labute approximate surface area is 591 Å². The van der Waals surface area contributed by atoms with Gasteiger partial charge in [0.05, 0.1) is 63.6 Å². The molecule has 40 atom stereocenters. The van der Waals surface area contributed by atoms with Gasteiger partial charge in [-0.3, -0.25) is 0 Å². The third-order valence-electron chi connectivity index (χ3n) is 26.6. The smallest absolute Gasteiger partial charge is 0.187 e. The topological polar surface area (TPSA) is 556 Å². The Hall–Kier alpha value is -1.62. The molecule has 0 spiro atoms. The van der Waals surface area contributed by atoms with Crippen molar-refractivity contribution in [2.45, 2.75) is 329 Å². The molecule has 9 fully saturated rings. The first-order chi connectivity index (χ1) is 47.7. The number of aliphatic hydroxyl groups is 22. The largest absolute Gasteiger partial charge is 0.394 e. The van der Waals surface area contributed by atoms with E-state index in [1.165, 1.54) is 13.8 Å². The van der Waals surface area contributed by atoms with Gasteiger partial charge in [-0.05, 0) is 98.7 Å². The highest BCUT2D eigenvalue weighted by molar-refractivity contribution is 5.39. The fourth-order valence-electron chi connectivity index (χ4n) is 19.8. The Morgan fingerprint density at radius 1 is 0.431 bits per heavy atom. The molecule has 0 aromatic rings. The summed E-state index contributed by atoms with van der Waals surface area (Å²) in [4.78, 5) is 0. The maximum absolute atomic E-state index is 13.2. The second kappa shape index (κ2) is 31.3. The monoisotopic (exact) mass is 1480 g/mol. The molecule has 102 heavy (non-hydrogen) atoms. The first-order valence-corrected chi connectivity index (χ1v) is 35.8. The molecule has 0 bridgehead atoms. The van der Waals surface area contributed by atoms with Crippen LogP contribution in [0.15, 0.2) is 11.6 Å². The summed E-state index contributed by atoms with van der Waals surface area (Å²) < 4.78 is 71.8. The van der Waals surface area contributed by atoms with Gasteiger partial charge in [0.1, 0.15) is 146 Å². The van der Waals surface area contributed by atoms with Crippen molar-refractivity contribution in [2.75, 3.05) is 39.6 Å². The zero-order chi connectivity index (χ0) is 75.4. The van der Waals surface area contributed by atoms with Gasteiger partial charge in [-0.1, -0.05) is 67.0 Å². The van der Waals surface area contributed by atoms with E-state index in [-0.39, 0.29) is 18.3 Å². The molecule has 0 radical (unpaired) electrons. The van der Waals surface area contributed by atoms with Crippen LogP contribution in [0.5, 0.6) is 0 Å². The minimum Gasteiger partial charge on any atom is -0.394 e. The molecular formula is C68H116O34. The first-order valence-electron chi connectivity index (χ1n) is 35.8. The van der Waals surface area contributed by atoms with E-state index in [4.69, 9.17) is 56.8 Å². The Kier molecular flexibility index (Phi) is 25.4. The van der Waals surface area contributed by atoms with Gasteiger partial charge in [0.2, 0.25) is 0 Å². The second-order valence-electron chi connectivity index (χ2n) is 32.6. The highest BCUT2D eigenvalue weighted by Crippen LogP contribution is 2.82. The summed E-state index contributed by atoms with van der Waals surface area (Å²) in [5, 5.41) is 241. The molecule has 6 heterocycles. The summed E-state index contributed by atoms with van der Waals surface area (Å²) in [6.45, 7) is 15.4. The van der Waals surface area contributed by atoms with Gasteiger partial charge in [0.25, 0.3) is 0 Å². The van der Waals surface area contributed by atoms with Crippen molar-refractivity contribution >= 4 is 0 Å². The van der Waals surface area contributed by atoms with Crippen molar-refractivity contribution in [1.29, 1.82) is 0 Å². The van der Waals surface area contributed by atoms with Gasteiger partial charge < -0.3 is 169 Å². The fraction of sp³-hybridized carbons (Fsp3) is 0.971.